The summed E-state index contributed by atoms with van der Waals surface area (Å²) in [5.41, 5.74) is 37.6. The summed E-state index contributed by atoms with van der Waals surface area (Å²) in [5, 5.41) is 3.68. The second-order valence-electron chi connectivity index (χ2n) is 38.4. The molecule has 0 N–H and O–H groups in total. The Morgan fingerprint density at radius 2 is 0.393 bits per heavy atom. The molecule has 3 aliphatic rings. The smallest absolute Gasteiger partial charge is 0.160 e. The maximum atomic E-state index is 5.39. The van der Waals surface area contributed by atoms with Crippen molar-refractivity contribution >= 4 is 64.3 Å². The van der Waals surface area contributed by atoms with E-state index in [2.05, 4.69) is 540 Å². The van der Waals surface area contributed by atoms with Crippen molar-refractivity contribution in [3.8, 4) is 155 Å². The van der Waals surface area contributed by atoms with Gasteiger partial charge in [-0.1, -0.05) is 485 Å². The fourth-order valence-electron chi connectivity index (χ4n) is 23.3. The number of thiophene rings is 3. The lowest BCUT2D eigenvalue weighted by Crippen LogP contribution is -2.28. The third kappa shape index (κ3) is 15.8. The summed E-state index contributed by atoms with van der Waals surface area (Å²) < 4.78 is 3.75. The lowest BCUT2D eigenvalue weighted by atomic mass is 9.67. The number of fused-ring (bicyclic) bond motifs is 12. The van der Waals surface area contributed by atoms with E-state index in [1.54, 1.807) is 34.0 Å². The Kier molecular flexibility index (Phi) is 23.2. The van der Waals surface area contributed by atoms with Gasteiger partial charge in [-0.05, 0) is 211 Å². The molecule has 0 saturated heterocycles. The minimum absolute atomic E-state index is 0.464. The maximum absolute atomic E-state index is 5.39. The summed E-state index contributed by atoms with van der Waals surface area (Å²) in [4.78, 5) is 35.0. The van der Waals surface area contributed by atoms with Crippen LogP contribution in [-0.2, 0) is 16.2 Å². The van der Waals surface area contributed by atoms with Crippen molar-refractivity contribution in [2.75, 3.05) is 0 Å². The summed E-state index contributed by atoms with van der Waals surface area (Å²) in [6.07, 6.45) is 0. The lowest BCUT2D eigenvalue weighted by Gasteiger charge is -2.34. The minimum Gasteiger partial charge on any atom is -0.228 e. The molecule has 0 bridgehead atoms. The van der Waals surface area contributed by atoms with Crippen LogP contribution in [0.3, 0.4) is 0 Å². The second kappa shape index (κ2) is 38.5. The van der Waals surface area contributed by atoms with Gasteiger partial charge in [0.15, 0.2) is 17.5 Å². The van der Waals surface area contributed by atoms with Gasteiger partial charge in [-0.2, -0.15) is 0 Å². The SMILES string of the molecule is c1ccc(-c2ccc(-c3nc(-c4cc5ccccc5s4)cc(-c4cccc5c4-c4ccccc4C5(c4ccccc4)c4ccccc4)n3)cc2)cc1.c1ccc(-c2cccc(-c3nc(-c4ccc5c(c4)C(c4ccccc4)(c4ccccc4)c4ccccc4-5)cc(-c4cc5ccccc5s4)n3)c2)cc1.c1ccc(-c2nc(-c3ccc4c(c3)C(c3ccccc3)(c3ccccc3)c3ccccc3-4)cc(-c3cc4ccccc4s3)n2)cc1. The molecule has 0 radical (unpaired) electrons. The molecule has 6 heterocycles. The molecule has 26 aromatic rings. The Hall–Kier alpha value is -18.5. The van der Waals surface area contributed by atoms with Gasteiger partial charge in [0, 0.05) is 47.5 Å². The molecule has 0 amide bonds. The molecule has 20 aromatic carbocycles. The Labute approximate surface area is 883 Å². The first-order valence-corrected chi connectivity index (χ1v) is 53.3. The van der Waals surface area contributed by atoms with Crippen LogP contribution in [0, 0.1) is 0 Å². The Bertz CT molecular complexity index is 9340. The van der Waals surface area contributed by atoms with E-state index in [4.69, 9.17) is 29.9 Å². The summed E-state index contributed by atoms with van der Waals surface area (Å²) in [6.45, 7) is 0. The molecule has 0 saturated carbocycles. The maximum Gasteiger partial charge on any atom is 0.160 e. The van der Waals surface area contributed by atoms with Gasteiger partial charge in [0.05, 0.1) is 65.0 Å². The summed E-state index contributed by atoms with van der Waals surface area (Å²) in [6, 6.07) is 200. The average molecular weight is 1970 g/mol. The molecule has 6 aromatic heterocycles. The largest absolute Gasteiger partial charge is 0.228 e. The molecule has 29 rings (SSSR count). The third-order valence-electron chi connectivity index (χ3n) is 30.0. The first-order valence-electron chi connectivity index (χ1n) is 50.9. The van der Waals surface area contributed by atoms with Crippen molar-refractivity contribution in [1.82, 2.24) is 29.9 Å². The molecule has 6 nitrogen and oxygen atoms in total. The van der Waals surface area contributed by atoms with Crippen LogP contribution in [0.4, 0.5) is 0 Å². The van der Waals surface area contributed by atoms with E-state index in [1.807, 2.05) is 18.2 Å². The Balaban J connectivity index is 0.000000111. The Morgan fingerprint density at radius 1 is 0.140 bits per heavy atom. The van der Waals surface area contributed by atoms with Gasteiger partial charge < -0.3 is 0 Å². The highest BCUT2D eigenvalue weighted by Gasteiger charge is 2.50. The van der Waals surface area contributed by atoms with Gasteiger partial charge in [0.2, 0.25) is 0 Å². The summed E-state index contributed by atoms with van der Waals surface area (Å²) >= 11 is 5.32. The first kappa shape index (κ1) is 90.3. The first-order chi connectivity index (χ1) is 74.3. The van der Waals surface area contributed by atoms with Gasteiger partial charge in [-0.25, -0.2) is 29.9 Å². The van der Waals surface area contributed by atoms with E-state index in [0.29, 0.717) is 11.6 Å². The normalized spacial score (nSPS) is 12.8. The average Bonchev–Trinajstić information content (AvgIpc) is 1.53. The quantitative estimate of drug-likeness (QED) is 0.0904. The van der Waals surface area contributed by atoms with Crippen molar-refractivity contribution in [3.05, 3.63) is 625 Å². The van der Waals surface area contributed by atoms with Crippen molar-refractivity contribution in [3.63, 3.8) is 0 Å². The van der Waals surface area contributed by atoms with E-state index < -0.39 is 16.2 Å². The van der Waals surface area contributed by atoms with Crippen molar-refractivity contribution in [1.29, 1.82) is 0 Å². The molecule has 0 aliphatic heterocycles. The number of hydrogen-bond acceptors (Lipinski definition) is 9. The van der Waals surface area contributed by atoms with Crippen LogP contribution < -0.4 is 0 Å². The van der Waals surface area contributed by atoms with Crippen molar-refractivity contribution in [2.45, 2.75) is 16.2 Å². The van der Waals surface area contributed by atoms with Crippen molar-refractivity contribution in [2.24, 2.45) is 0 Å². The lowest BCUT2D eigenvalue weighted by molar-refractivity contribution is 0.768. The number of hydrogen-bond donors (Lipinski definition) is 0. The third-order valence-corrected chi connectivity index (χ3v) is 33.4. The second-order valence-corrected chi connectivity index (χ2v) is 41.7. The molecular weight excluding hydrogens is 1870 g/mol. The van der Waals surface area contributed by atoms with Crippen LogP contribution in [0.2, 0.25) is 0 Å². The van der Waals surface area contributed by atoms with Crippen molar-refractivity contribution < 1.29 is 0 Å². The minimum atomic E-state index is -0.487. The van der Waals surface area contributed by atoms with E-state index in [-0.39, 0.29) is 0 Å². The zero-order valence-electron chi connectivity index (χ0n) is 81.5. The van der Waals surface area contributed by atoms with Crippen LogP contribution in [0.25, 0.3) is 186 Å². The van der Waals surface area contributed by atoms with Gasteiger partial charge in [-0.15, -0.1) is 34.0 Å². The number of aromatic nitrogens is 6. The topological polar surface area (TPSA) is 77.3 Å². The molecule has 0 unspecified atom stereocenters. The molecule has 0 spiro atoms. The number of benzene rings is 20. The van der Waals surface area contributed by atoms with E-state index in [9.17, 15) is 0 Å². The molecule has 0 atom stereocenters. The fourth-order valence-corrected chi connectivity index (χ4v) is 26.3. The van der Waals surface area contributed by atoms with Crippen LogP contribution in [0.1, 0.15) is 66.8 Å². The summed E-state index contributed by atoms with van der Waals surface area (Å²) in [7, 11) is 0. The van der Waals surface area contributed by atoms with E-state index in [0.717, 1.165) is 93.6 Å². The monoisotopic (exact) mass is 1960 g/mol. The standard InChI is InChI=1S/2C49H32N2S.C43H28N2S/c1-4-15-33(16-5-1)34-18-14-19-37(29-34)48-50-44(32-45(51-48)47-31-36-17-10-13-26-46(36)52-47)35-27-28-41-40-24-11-12-25-42(40)49(43(41)30-35,38-20-6-2-7-21-38)39-22-8-3-9-23-39;1-4-15-33(16-5-1)34-27-29-35(30-28-34)48-50-43(32-44(51-48)46-31-36-17-10-13-26-45(36)52-46)40-23-14-25-42-47(40)39-22-11-12-24-41(39)49(42,37-18-6-2-7-19-37)38-20-8-3-9-21-38;1-4-14-29(15-5-1)42-44-38(28-39(45-42)41-27-31-16-10-13-23-40(31)46-41)30-24-25-35-34-21-11-12-22-36(34)43(37(35)26-30,32-17-6-2-7-18-32)33-19-8-3-9-20-33/h2*1-32H;1-28H. The predicted octanol–water partition coefficient (Wildman–Crippen LogP) is 36.5. The van der Waals surface area contributed by atoms with Crippen LogP contribution in [0.15, 0.2) is 558 Å². The summed E-state index contributed by atoms with van der Waals surface area (Å²) in [5.74, 6) is 2.15. The number of rotatable bonds is 17. The molecule has 0 fully saturated rings. The van der Waals surface area contributed by atoms with Crippen LogP contribution in [0.5, 0.6) is 0 Å². The number of nitrogens with zero attached hydrogens (tertiary/aromatic N) is 6. The Morgan fingerprint density at radius 3 is 0.800 bits per heavy atom. The molecule has 150 heavy (non-hydrogen) atoms. The van der Waals surface area contributed by atoms with Gasteiger partial charge in [0.25, 0.3) is 0 Å². The van der Waals surface area contributed by atoms with Crippen LogP contribution >= 0.6 is 34.0 Å². The van der Waals surface area contributed by atoms with Gasteiger partial charge >= 0.3 is 0 Å². The highest BCUT2D eigenvalue weighted by molar-refractivity contribution is 7.23. The fraction of sp³-hybridized carbons (Fsp3) is 0.0213. The zero-order valence-corrected chi connectivity index (χ0v) is 84.0. The van der Waals surface area contributed by atoms with Gasteiger partial charge in [-0.3, -0.25) is 0 Å². The molecule has 9 heteroatoms. The van der Waals surface area contributed by atoms with E-state index in [1.165, 1.54) is 147 Å². The van der Waals surface area contributed by atoms with Gasteiger partial charge in [0.1, 0.15) is 0 Å². The highest BCUT2D eigenvalue weighted by atomic mass is 32.1. The van der Waals surface area contributed by atoms with E-state index >= 15 is 0 Å². The van der Waals surface area contributed by atoms with Crippen LogP contribution in [-0.4, -0.2) is 29.9 Å². The highest BCUT2D eigenvalue weighted by Crippen LogP contribution is 2.62. The predicted molar refractivity (Wildman–Crippen MR) is 624 cm³/mol. The molecule has 704 valence electrons. The zero-order chi connectivity index (χ0) is 99.5. The molecule has 3 aliphatic carbocycles. The molecular formula is C141H92N6S3.